The molecule has 0 fully saturated rings. The van der Waals surface area contributed by atoms with Crippen molar-refractivity contribution in [2.75, 3.05) is 20.3 Å². The Labute approximate surface area is 257 Å². The molecule has 1 amide bonds. The number of fused-ring (bicyclic) bond motifs is 1. The first kappa shape index (κ1) is 29.2. The van der Waals surface area contributed by atoms with Gasteiger partial charge in [0.05, 0.1) is 44.0 Å². The molecule has 224 valence electrons. The molecule has 5 aromatic rings. The maximum absolute atomic E-state index is 13.5. The summed E-state index contributed by atoms with van der Waals surface area (Å²) in [5, 5.41) is 16.7. The standard InChI is InChI=1S/C36H36N4O4/c1-43-34-13-6-5-10-29(34)33(23-41)39-36(42)31-12-7-11-30-32(18-19-44-35(30)31)38-21-28-20-37-24-40(28)22-25-14-16-27(17-15-25)26-8-3-2-4-9-26/h2-17,20,24,32-33,38,41H,18-19,21-23H2,1H3,(H,39,42). The lowest BCUT2D eigenvalue weighted by Gasteiger charge is -2.29. The zero-order valence-corrected chi connectivity index (χ0v) is 24.6. The van der Waals surface area contributed by atoms with Gasteiger partial charge < -0.3 is 29.8 Å². The largest absolute Gasteiger partial charge is 0.496 e. The fourth-order valence-electron chi connectivity index (χ4n) is 5.72. The molecule has 3 N–H and O–H groups in total. The van der Waals surface area contributed by atoms with Crippen LogP contribution in [0.15, 0.2) is 110 Å². The van der Waals surface area contributed by atoms with Crippen LogP contribution in [0.5, 0.6) is 11.5 Å². The highest BCUT2D eigenvalue weighted by molar-refractivity contribution is 5.97. The smallest absolute Gasteiger partial charge is 0.255 e. The average Bonchev–Trinajstić information content (AvgIpc) is 3.53. The summed E-state index contributed by atoms with van der Waals surface area (Å²) < 4.78 is 13.6. The van der Waals surface area contributed by atoms with Gasteiger partial charge in [0.2, 0.25) is 0 Å². The number of nitrogens with one attached hydrogen (secondary N) is 2. The number of para-hydroxylation sites is 2. The number of hydrogen-bond acceptors (Lipinski definition) is 6. The highest BCUT2D eigenvalue weighted by atomic mass is 16.5. The molecule has 0 saturated carbocycles. The van der Waals surface area contributed by atoms with E-state index in [0.717, 1.165) is 24.2 Å². The second-order valence-electron chi connectivity index (χ2n) is 10.8. The number of nitrogens with zero attached hydrogens (tertiary/aromatic N) is 2. The summed E-state index contributed by atoms with van der Waals surface area (Å²) in [7, 11) is 1.57. The van der Waals surface area contributed by atoms with E-state index in [2.05, 4.69) is 68.7 Å². The topological polar surface area (TPSA) is 97.6 Å². The average molecular weight is 589 g/mol. The molecular formula is C36H36N4O4. The Morgan fingerprint density at radius 3 is 2.57 bits per heavy atom. The molecule has 8 heteroatoms. The van der Waals surface area contributed by atoms with Crippen molar-refractivity contribution in [2.45, 2.75) is 31.6 Å². The number of aromatic nitrogens is 2. The van der Waals surface area contributed by atoms with Crippen molar-refractivity contribution in [3.05, 3.63) is 138 Å². The van der Waals surface area contributed by atoms with Crippen LogP contribution in [0.3, 0.4) is 0 Å². The van der Waals surface area contributed by atoms with Gasteiger partial charge in [-0.1, -0.05) is 84.9 Å². The van der Waals surface area contributed by atoms with Crippen LogP contribution >= 0.6 is 0 Å². The number of rotatable bonds is 11. The minimum atomic E-state index is -0.623. The van der Waals surface area contributed by atoms with E-state index >= 15 is 0 Å². The summed E-state index contributed by atoms with van der Waals surface area (Å²) in [5.41, 5.74) is 6.75. The van der Waals surface area contributed by atoms with Gasteiger partial charge in [-0.05, 0) is 28.8 Å². The van der Waals surface area contributed by atoms with E-state index in [1.54, 1.807) is 13.2 Å². The molecular weight excluding hydrogens is 552 g/mol. The fourth-order valence-corrected chi connectivity index (χ4v) is 5.72. The van der Waals surface area contributed by atoms with Gasteiger partial charge in [-0.15, -0.1) is 0 Å². The molecule has 2 unspecified atom stereocenters. The number of hydrogen-bond donors (Lipinski definition) is 3. The lowest BCUT2D eigenvalue weighted by atomic mass is 9.96. The van der Waals surface area contributed by atoms with Gasteiger partial charge in [0.1, 0.15) is 11.5 Å². The molecule has 1 aliphatic heterocycles. The number of amides is 1. The Morgan fingerprint density at radius 2 is 1.77 bits per heavy atom. The first-order valence-electron chi connectivity index (χ1n) is 14.8. The number of benzene rings is 4. The second kappa shape index (κ2) is 13.6. The normalized spacial score (nSPS) is 14.7. The van der Waals surface area contributed by atoms with Gasteiger partial charge in [0.15, 0.2) is 0 Å². The van der Waals surface area contributed by atoms with E-state index in [4.69, 9.17) is 9.47 Å². The van der Waals surface area contributed by atoms with E-state index < -0.39 is 6.04 Å². The van der Waals surface area contributed by atoms with Gasteiger partial charge in [-0.2, -0.15) is 0 Å². The zero-order chi connectivity index (χ0) is 30.3. The summed E-state index contributed by atoms with van der Waals surface area (Å²) in [6.07, 6.45) is 4.53. The first-order valence-corrected chi connectivity index (χ1v) is 14.8. The van der Waals surface area contributed by atoms with Gasteiger partial charge in [-0.3, -0.25) is 4.79 Å². The lowest BCUT2D eigenvalue weighted by molar-refractivity contribution is 0.0909. The van der Waals surface area contributed by atoms with Gasteiger partial charge in [-0.25, -0.2) is 4.98 Å². The molecule has 2 heterocycles. The number of carbonyl (C=O) groups excluding carboxylic acids is 1. The molecule has 0 spiro atoms. The SMILES string of the molecule is COc1ccccc1C(CO)NC(=O)c1cccc2c1OCCC2NCc1cncn1Cc1ccc(-c2ccccc2)cc1. The third-order valence-corrected chi connectivity index (χ3v) is 8.06. The predicted octanol–water partition coefficient (Wildman–Crippen LogP) is 5.68. The number of methoxy groups -OCH3 is 1. The van der Waals surface area contributed by atoms with Crippen LogP contribution in [0.2, 0.25) is 0 Å². The molecule has 0 radical (unpaired) electrons. The number of carbonyl (C=O) groups is 1. The zero-order valence-electron chi connectivity index (χ0n) is 24.6. The maximum atomic E-state index is 13.5. The number of aliphatic hydroxyl groups is 1. The van der Waals surface area contributed by atoms with Crippen molar-refractivity contribution >= 4 is 5.91 Å². The molecule has 0 aliphatic carbocycles. The van der Waals surface area contributed by atoms with E-state index in [0.29, 0.717) is 35.8 Å². The molecule has 1 aromatic heterocycles. The highest BCUT2D eigenvalue weighted by Gasteiger charge is 2.27. The van der Waals surface area contributed by atoms with Crippen molar-refractivity contribution in [3.63, 3.8) is 0 Å². The minimum absolute atomic E-state index is 0.00265. The summed E-state index contributed by atoms with van der Waals surface area (Å²) in [5.74, 6) is 0.854. The van der Waals surface area contributed by atoms with Crippen LogP contribution in [-0.4, -0.2) is 40.9 Å². The van der Waals surface area contributed by atoms with Crippen LogP contribution in [0.1, 0.15) is 51.2 Å². The Morgan fingerprint density at radius 1 is 1.00 bits per heavy atom. The van der Waals surface area contributed by atoms with Crippen LogP contribution in [0, 0.1) is 0 Å². The van der Waals surface area contributed by atoms with Crippen LogP contribution in [0.4, 0.5) is 0 Å². The molecule has 0 bridgehead atoms. The molecule has 44 heavy (non-hydrogen) atoms. The van der Waals surface area contributed by atoms with Crippen molar-refractivity contribution in [2.24, 2.45) is 0 Å². The van der Waals surface area contributed by atoms with Gasteiger partial charge in [0, 0.05) is 42.9 Å². The van der Waals surface area contributed by atoms with Crippen molar-refractivity contribution < 1.29 is 19.4 Å². The first-order chi connectivity index (χ1) is 21.6. The Kier molecular flexibility index (Phi) is 9.01. The lowest BCUT2D eigenvalue weighted by Crippen LogP contribution is -2.33. The molecule has 6 rings (SSSR count). The van der Waals surface area contributed by atoms with Crippen molar-refractivity contribution in [3.8, 4) is 22.6 Å². The minimum Gasteiger partial charge on any atom is -0.496 e. The summed E-state index contributed by atoms with van der Waals surface area (Å²) in [4.78, 5) is 17.9. The van der Waals surface area contributed by atoms with Gasteiger partial charge >= 0.3 is 0 Å². The third kappa shape index (κ3) is 6.37. The van der Waals surface area contributed by atoms with E-state index in [1.165, 1.54) is 16.7 Å². The Balaban J connectivity index is 1.13. The third-order valence-electron chi connectivity index (χ3n) is 8.06. The maximum Gasteiger partial charge on any atom is 0.255 e. The molecule has 1 aliphatic rings. The van der Waals surface area contributed by atoms with Crippen LogP contribution in [0.25, 0.3) is 11.1 Å². The molecule has 8 nitrogen and oxygen atoms in total. The number of aliphatic hydroxyl groups excluding tert-OH is 1. The van der Waals surface area contributed by atoms with E-state index in [-0.39, 0.29) is 18.6 Å². The monoisotopic (exact) mass is 588 g/mol. The van der Waals surface area contributed by atoms with E-state index in [9.17, 15) is 9.90 Å². The molecule has 2 atom stereocenters. The fraction of sp³-hybridized carbons (Fsp3) is 0.222. The van der Waals surface area contributed by atoms with Crippen molar-refractivity contribution in [1.82, 2.24) is 20.2 Å². The van der Waals surface area contributed by atoms with Crippen LogP contribution < -0.4 is 20.1 Å². The summed E-state index contributed by atoms with van der Waals surface area (Å²) in [6, 6.07) is 31.4. The quantitative estimate of drug-likeness (QED) is 0.184. The van der Waals surface area contributed by atoms with Crippen molar-refractivity contribution in [1.29, 1.82) is 0 Å². The highest BCUT2D eigenvalue weighted by Crippen LogP contribution is 2.36. The summed E-state index contributed by atoms with van der Waals surface area (Å²) >= 11 is 0. The molecule has 0 saturated heterocycles. The van der Waals surface area contributed by atoms with E-state index in [1.807, 2.05) is 55.0 Å². The second-order valence-corrected chi connectivity index (χ2v) is 10.8. The Hall–Kier alpha value is -4.92. The number of ether oxygens (including phenoxy) is 2. The van der Waals surface area contributed by atoms with Crippen LogP contribution in [-0.2, 0) is 13.1 Å². The predicted molar refractivity (Wildman–Crippen MR) is 170 cm³/mol. The molecule has 4 aromatic carbocycles. The van der Waals surface area contributed by atoms with Gasteiger partial charge in [0.25, 0.3) is 5.91 Å². The Bertz CT molecular complexity index is 1700. The number of imidazole rings is 1. The summed E-state index contributed by atoms with van der Waals surface area (Å²) in [6.45, 7) is 1.55.